The van der Waals surface area contributed by atoms with Crippen molar-refractivity contribution >= 4 is 5.91 Å². The zero-order valence-corrected chi connectivity index (χ0v) is 10.1. The molecular weight excluding hydrogens is 188 g/mol. The van der Waals surface area contributed by atoms with Crippen LogP contribution in [0.25, 0.3) is 0 Å². The van der Waals surface area contributed by atoms with Crippen LogP contribution in [0, 0.1) is 0 Å². The van der Waals surface area contributed by atoms with Crippen LogP contribution in [0.1, 0.15) is 46.0 Å². The molecule has 3 nitrogen and oxygen atoms in total. The Morgan fingerprint density at radius 1 is 1.20 bits per heavy atom. The summed E-state index contributed by atoms with van der Waals surface area (Å²) >= 11 is 0. The largest absolute Gasteiger partial charge is 0.353 e. The fourth-order valence-electron chi connectivity index (χ4n) is 1.76. The Morgan fingerprint density at radius 3 is 2.27 bits per heavy atom. The van der Waals surface area contributed by atoms with Gasteiger partial charge < -0.3 is 10.2 Å². The normalized spacial score (nSPS) is 15.7. The third-order valence-corrected chi connectivity index (χ3v) is 2.68. The lowest BCUT2D eigenvalue weighted by Gasteiger charge is -2.20. The maximum absolute atomic E-state index is 11.5. The van der Waals surface area contributed by atoms with Gasteiger partial charge in [0.1, 0.15) is 0 Å². The monoisotopic (exact) mass is 212 g/mol. The van der Waals surface area contributed by atoms with E-state index in [2.05, 4.69) is 24.1 Å². The molecular formula is C12H24N2O. The molecule has 1 aliphatic rings. The highest BCUT2D eigenvalue weighted by molar-refractivity contribution is 5.76. The Balaban J connectivity index is 2.10. The zero-order chi connectivity index (χ0) is 11.1. The van der Waals surface area contributed by atoms with E-state index < -0.39 is 0 Å². The molecule has 1 fully saturated rings. The van der Waals surface area contributed by atoms with E-state index in [-0.39, 0.29) is 5.91 Å². The van der Waals surface area contributed by atoms with Gasteiger partial charge in [0.05, 0.1) is 0 Å². The summed E-state index contributed by atoms with van der Waals surface area (Å²) in [6, 6.07) is 0.503. The number of carbonyl (C=O) groups is 1. The van der Waals surface area contributed by atoms with Gasteiger partial charge in [0.2, 0.25) is 5.91 Å². The molecule has 0 spiro atoms. The quantitative estimate of drug-likeness (QED) is 0.665. The van der Waals surface area contributed by atoms with Crippen LogP contribution in [0.2, 0.25) is 0 Å². The number of hydrogen-bond donors (Lipinski definition) is 1. The Hall–Kier alpha value is -0.570. The van der Waals surface area contributed by atoms with Gasteiger partial charge in [-0.15, -0.1) is 0 Å². The van der Waals surface area contributed by atoms with Crippen molar-refractivity contribution in [3.63, 3.8) is 0 Å². The second-order valence-electron chi connectivity index (χ2n) is 4.43. The molecule has 1 amide bonds. The molecule has 0 aromatic heterocycles. The van der Waals surface area contributed by atoms with E-state index in [9.17, 15) is 4.79 Å². The number of rotatable bonds is 8. The molecule has 0 heterocycles. The van der Waals surface area contributed by atoms with Crippen molar-refractivity contribution in [2.24, 2.45) is 0 Å². The molecule has 0 atom stereocenters. The van der Waals surface area contributed by atoms with Gasteiger partial charge in [0.15, 0.2) is 0 Å². The number of amides is 1. The van der Waals surface area contributed by atoms with Crippen LogP contribution in [0.4, 0.5) is 0 Å². The van der Waals surface area contributed by atoms with E-state index in [1.165, 1.54) is 25.7 Å². The van der Waals surface area contributed by atoms with Crippen LogP contribution in [0.3, 0.4) is 0 Å². The first kappa shape index (κ1) is 12.5. The molecule has 0 unspecified atom stereocenters. The number of nitrogens with zero attached hydrogens (tertiary/aromatic N) is 1. The van der Waals surface area contributed by atoms with Gasteiger partial charge in [-0.2, -0.15) is 0 Å². The smallest absolute Gasteiger partial charge is 0.221 e. The van der Waals surface area contributed by atoms with E-state index >= 15 is 0 Å². The van der Waals surface area contributed by atoms with Crippen LogP contribution >= 0.6 is 0 Å². The minimum absolute atomic E-state index is 0.231. The number of hydrogen-bond acceptors (Lipinski definition) is 2. The van der Waals surface area contributed by atoms with Crippen molar-refractivity contribution in [3.8, 4) is 0 Å². The first-order chi connectivity index (χ1) is 7.26. The molecule has 0 radical (unpaired) electrons. The molecule has 15 heavy (non-hydrogen) atoms. The average Bonchev–Trinajstić information content (AvgIpc) is 2.99. The molecule has 0 aromatic rings. The summed E-state index contributed by atoms with van der Waals surface area (Å²) in [5.74, 6) is 0.231. The molecule has 1 rings (SSSR count). The van der Waals surface area contributed by atoms with Gasteiger partial charge in [-0.05, 0) is 38.8 Å². The third kappa shape index (κ3) is 5.78. The van der Waals surface area contributed by atoms with Gasteiger partial charge in [-0.25, -0.2) is 0 Å². The topological polar surface area (TPSA) is 32.3 Å². The fraction of sp³-hybridized carbons (Fsp3) is 0.917. The van der Waals surface area contributed by atoms with Crippen LogP contribution < -0.4 is 5.32 Å². The Bertz CT molecular complexity index is 184. The molecule has 1 aliphatic carbocycles. The third-order valence-electron chi connectivity index (χ3n) is 2.68. The number of nitrogens with one attached hydrogen (secondary N) is 1. The van der Waals surface area contributed by atoms with Gasteiger partial charge in [0.25, 0.3) is 0 Å². The SMILES string of the molecule is CCCN(CCC)CCC(=O)NC1CC1. The summed E-state index contributed by atoms with van der Waals surface area (Å²) in [7, 11) is 0. The minimum Gasteiger partial charge on any atom is -0.353 e. The van der Waals surface area contributed by atoms with Crippen LogP contribution in [-0.2, 0) is 4.79 Å². The molecule has 0 aliphatic heterocycles. The van der Waals surface area contributed by atoms with E-state index in [1.54, 1.807) is 0 Å². The predicted molar refractivity (Wildman–Crippen MR) is 62.8 cm³/mol. The lowest BCUT2D eigenvalue weighted by atomic mass is 10.3. The Morgan fingerprint density at radius 2 is 1.80 bits per heavy atom. The van der Waals surface area contributed by atoms with E-state index in [0.717, 1.165) is 19.6 Å². The van der Waals surface area contributed by atoms with Crippen LogP contribution in [-0.4, -0.2) is 36.5 Å². The van der Waals surface area contributed by atoms with E-state index in [1.807, 2.05) is 0 Å². The summed E-state index contributed by atoms with van der Waals surface area (Å²) in [4.78, 5) is 13.9. The van der Waals surface area contributed by atoms with Crippen molar-refractivity contribution in [1.82, 2.24) is 10.2 Å². The molecule has 1 N–H and O–H groups in total. The molecule has 0 bridgehead atoms. The lowest BCUT2D eigenvalue weighted by molar-refractivity contribution is -0.121. The summed E-state index contributed by atoms with van der Waals surface area (Å²) in [6.07, 6.45) is 5.36. The summed E-state index contributed by atoms with van der Waals surface area (Å²) in [5, 5.41) is 3.03. The second kappa shape index (κ2) is 6.83. The molecule has 3 heteroatoms. The predicted octanol–water partition coefficient (Wildman–Crippen LogP) is 1.78. The van der Waals surface area contributed by atoms with Crippen LogP contribution in [0.15, 0.2) is 0 Å². The highest BCUT2D eigenvalue weighted by Crippen LogP contribution is 2.18. The second-order valence-corrected chi connectivity index (χ2v) is 4.43. The van der Waals surface area contributed by atoms with Crippen molar-refractivity contribution < 1.29 is 4.79 Å². The van der Waals surface area contributed by atoms with Crippen molar-refractivity contribution in [1.29, 1.82) is 0 Å². The van der Waals surface area contributed by atoms with Gasteiger partial charge in [-0.3, -0.25) is 4.79 Å². The van der Waals surface area contributed by atoms with Crippen LogP contribution in [0.5, 0.6) is 0 Å². The maximum atomic E-state index is 11.5. The standard InChI is InChI=1S/C12H24N2O/c1-3-8-14(9-4-2)10-7-12(15)13-11-5-6-11/h11H,3-10H2,1-2H3,(H,13,15). The first-order valence-corrected chi connectivity index (χ1v) is 6.28. The molecule has 1 saturated carbocycles. The average molecular weight is 212 g/mol. The van der Waals surface area contributed by atoms with Crippen molar-refractivity contribution in [3.05, 3.63) is 0 Å². The van der Waals surface area contributed by atoms with Crippen molar-refractivity contribution in [2.75, 3.05) is 19.6 Å². The minimum atomic E-state index is 0.231. The highest BCUT2D eigenvalue weighted by atomic mass is 16.1. The Kier molecular flexibility index (Phi) is 5.69. The van der Waals surface area contributed by atoms with Gasteiger partial charge in [0, 0.05) is 19.0 Å². The lowest BCUT2D eigenvalue weighted by Crippen LogP contribution is -2.32. The van der Waals surface area contributed by atoms with Gasteiger partial charge >= 0.3 is 0 Å². The van der Waals surface area contributed by atoms with Crippen molar-refractivity contribution in [2.45, 2.75) is 52.0 Å². The molecule has 0 saturated heterocycles. The molecule has 0 aromatic carbocycles. The number of carbonyl (C=O) groups excluding carboxylic acids is 1. The van der Waals surface area contributed by atoms with Gasteiger partial charge in [-0.1, -0.05) is 13.8 Å². The molecule has 88 valence electrons. The summed E-state index contributed by atoms with van der Waals surface area (Å²) < 4.78 is 0. The Labute approximate surface area is 93.2 Å². The highest BCUT2D eigenvalue weighted by Gasteiger charge is 2.22. The summed E-state index contributed by atoms with van der Waals surface area (Å²) in [5.41, 5.74) is 0. The first-order valence-electron chi connectivity index (χ1n) is 6.28. The zero-order valence-electron chi connectivity index (χ0n) is 10.1. The maximum Gasteiger partial charge on any atom is 0.221 e. The summed E-state index contributed by atoms with van der Waals surface area (Å²) in [6.45, 7) is 7.52. The van der Waals surface area contributed by atoms with E-state index in [0.29, 0.717) is 12.5 Å². The van der Waals surface area contributed by atoms with E-state index in [4.69, 9.17) is 0 Å². The fourth-order valence-corrected chi connectivity index (χ4v) is 1.76.